The predicted octanol–water partition coefficient (Wildman–Crippen LogP) is 0.798. The fraction of sp³-hybridized carbons (Fsp3) is 0.385. The highest BCUT2D eigenvalue weighted by Gasteiger charge is 2.48. The molecule has 5 heteroatoms. The highest BCUT2D eigenvalue weighted by molar-refractivity contribution is 6.05. The number of hydrogen-bond donors (Lipinski definition) is 1. The second-order valence-corrected chi connectivity index (χ2v) is 4.08. The van der Waals surface area contributed by atoms with Crippen LogP contribution in [0.15, 0.2) is 30.3 Å². The summed E-state index contributed by atoms with van der Waals surface area (Å²) < 4.78 is 9.77. The number of rotatable bonds is 3. The third-order valence-corrected chi connectivity index (χ3v) is 2.73. The van der Waals surface area contributed by atoms with Crippen molar-refractivity contribution < 1.29 is 24.2 Å². The SMILES string of the molecule is O=C1CCCOC1(O)C(=O)OCc1ccccc1. The molecule has 1 fully saturated rings. The van der Waals surface area contributed by atoms with Gasteiger partial charge in [0.25, 0.3) is 0 Å². The molecule has 18 heavy (non-hydrogen) atoms. The van der Waals surface area contributed by atoms with Crippen molar-refractivity contribution in [3.8, 4) is 0 Å². The fourth-order valence-corrected chi connectivity index (χ4v) is 1.70. The summed E-state index contributed by atoms with van der Waals surface area (Å²) in [6.45, 7) is 0.168. The second kappa shape index (κ2) is 5.29. The summed E-state index contributed by atoms with van der Waals surface area (Å²) in [4.78, 5) is 23.2. The molecule has 1 N–H and O–H groups in total. The normalized spacial score (nSPS) is 23.7. The lowest BCUT2D eigenvalue weighted by molar-refractivity contribution is -0.231. The summed E-state index contributed by atoms with van der Waals surface area (Å²) >= 11 is 0. The summed E-state index contributed by atoms with van der Waals surface area (Å²) in [5.74, 6) is -4.12. The van der Waals surface area contributed by atoms with Gasteiger partial charge in [0, 0.05) is 6.42 Å². The first-order valence-corrected chi connectivity index (χ1v) is 5.74. The highest BCUT2D eigenvalue weighted by Crippen LogP contribution is 2.20. The Balaban J connectivity index is 1.97. The molecule has 1 aromatic rings. The summed E-state index contributed by atoms with van der Waals surface area (Å²) in [5, 5.41) is 9.84. The van der Waals surface area contributed by atoms with Crippen LogP contribution in [0.3, 0.4) is 0 Å². The van der Waals surface area contributed by atoms with Crippen LogP contribution in [0.5, 0.6) is 0 Å². The standard InChI is InChI=1S/C13H14O5/c14-11-7-4-8-18-13(11,16)12(15)17-9-10-5-2-1-3-6-10/h1-3,5-6,16H,4,7-9H2. The number of carbonyl (C=O) groups excluding carboxylic acids is 2. The Bertz CT molecular complexity index is 442. The maximum absolute atomic E-state index is 11.7. The van der Waals surface area contributed by atoms with Gasteiger partial charge in [0.15, 0.2) is 0 Å². The zero-order valence-electron chi connectivity index (χ0n) is 9.80. The first kappa shape index (κ1) is 12.7. The fourth-order valence-electron chi connectivity index (χ4n) is 1.70. The van der Waals surface area contributed by atoms with Gasteiger partial charge in [-0.3, -0.25) is 4.79 Å². The van der Waals surface area contributed by atoms with E-state index in [2.05, 4.69) is 0 Å². The van der Waals surface area contributed by atoms with Crippen molar-refractivity contribution in [2.45, 2.75) is 25.2 Å². The van der Waals surface area contributed by atoms with Gasteiger partial charge >= 0.3 is 11.8 Å². The first-order valence-electron chi connectivity index (χ1n) is 5.74. The minimum atomic E-state index is -2.42. The molecule has 2 rings (SSSR count). The van der Waals surface area contributed by atoms with Gasteiger partial charge < -0.3 is 14.6 Å². The van der Waals surface area contributed by atoms with E-state index in [9.17, 15) is 14.7 Å². The third kappa shape index (κ3) is 2.57. The Morgan fingerprint density at radius 2 is 2.11 bits per heavy atom. The zero-order chi connectivity index (χ0) is 13.0. The van der Waals surface area contributed by atoms with Crippen LogP contribution in [0, 0.1) is 0 Å². The molecule has 1 aromatic carbocycles. The Morgan fingerprint density at radius 3 is 2.78 bits per heavy atom. The zero-order valence-corrected chi connectivity index (χ0v) is 9.80. The highest BCUT2D eigenvalue weighted by atomic mass is 16.7. The Hall–Kier alpha value is -1.72. The van der Waals surface area contributed by atoms with Crippen LogP contribution in [0.1, 0.15) is 18.4 Å². The number of hydrogen-bond acceptors (Lipinski definition) is 5. The van der Waals surface area contributed by atoms with Gasteiger partial charge in [-0.05, 0) is 12.0 Å². The predicted molar refractivity (Wildman–Crippen MR) is 61.4 cm³/mol. The molecule has 1 aliphatic rings. The van der Waals surface area contributed by atoms with Crippen LogP contribution in [0.4, 0.5) is 0 Å². The first-order chi connectivity index (χ1) is 8.63. The van der Waals surface area contributed by atoms with Crippen LogP contribution in [-0.2, 0) is 25.7 Å². The van der Waals surface area contributed by atoms with E-state index < -0.39 is 17.5 Å². The van der Waals surface area contributed by atoms with Gasteiger partial charge in [-0.2, -0.15) is 0 Å². The molecule has 1 aliphatic heterocycles. The van der Waals surface area contributed by atoms with E-state index in [4.69, 9.17) is 9.47 Å². The average Bonchev–Trinajstić information content (AvgIpc) is 2.40. The lowest BCUT2D eigenvalue weighted by Gasteiger charge is -2.27. The molecule has 0 radical (unpaired) electrons. The quantitative estimate of drug-likeness (QED) is 0.634. The molecule has 5 nitrogen and oxygen atoms in total. The molecule has 0 amide bonds. The minimum Gasteiger partial charge on any atom is -0.456 e. The van der Waals surface area contributed by atoms with Gasteiger partial charge in [0.05, 0.1) is 6.61 Å². The van der Waals surface area contributed by atoms with Crippen molar-refractivity contribution in [3.63, 3.8) is 0 Å². The van der Waals surface area contributed by atoms with Crippen molar-refractivity contribution in [1.82, 2.24) is 0 Å². The molecule has 1 atom stereocenters. The lowest BCUT2D eigenvalue weighted by atomic mass is 10.0. The van der Waals surface area contributed by atoms with Crippen LogP contribution < -0.4 is 0 Å². The number of benzene rings is 1. The smallest absolute Gasteiger partial charge is 0.375 e. The molecule has 1 heterocycles. The number of Topliss-reactive ketones (excluding diaryl/α,β-unsaturated/α-hetero) is 1. The summed E-state index contributed by atoms with van der Waals surface area (Å²) in [7, 11) is 0. The Labute approximate surface area is 104 Å². The topological polar surface area (TPSA) is 72.8 Å². The Morgan fingerprint density at radius 1 is 1.39 bits per heavy atom. The molecule has 0 bridgehead atoms. The summed E-state index contributed by atoms with van der Waals surface area (Å²) in [6.07, 6.45) is 0.629. The number of carbonyl (C=O) groups is 2. The molecule has 0 spiro atoms. The number of ketones is 1. The maximum atomic E-state index is 11.7. The third-order valence-electron chi connectivity index (χ3n) is 2.73. The minimum absolute atomic E-state index is 0.00137. The van der Waals surface area contributed by atoms with E-state index in [0.29, 0.717) is 6.42 Å². The molecule has 0 saturated carbocycles. The van der Waals surface area contributed by atoms with Crippen LogP contribution in [0.25, 0.3) is 0 Å². The van der Waals surface area contributed by atoms with Crippen molar-refractivity contribution in [3.05, 3.63) is 35.9 Å². The van der Waals surface area contributed by atoms with Crippen LogP contribution in [0.2, 0.25) is 0 Å². The second-order valence-electron chi connectivity index (χ2n) is 4.08. The summed E-state index contributed by atoms with van der Waals surface area (Å²) in [5.41, 5.74) is 0.776. The van der Waals surface area contributed by atoms with Gasteiger partial charge in [0.1, 0.15) is 6.61 Å². The average molecular weight is 250 g/mol. The van der Waals surface area contributed by atoms with E-state index in [0.717, 1.165) is 5.56 Å². The molecule has 1 unspecified atom stereocenters. The molecule has 1 saturated heterocycles. The lowest BCUT2D eigenvalue weighted by Crippen LogP contribution is -2.52. The van der Waals surface area contributed by atoms with Crippen LogP contribution >= 0.6 is 0 Å². The van der Waals surface area contributed by atoms with Crippen molar-refractivity contribution >= 4 is 11.8 Å². The van der Waals surface area contributed by atoms with Gasteiger partial charge in [0.2, 0.25) is 5.78 Å². The number of aliphatic hydroxyl groups is 1. The van der Waals surface area contributed by atoms with Crippen molar-refractivity contribution in [1.29, 1.82) is 0 Å². The molecular weight excluding hydrogens is 236 g/mol. The van der Waals surface area contributed by atoms with Gasteiger partial charge in [-0.25, -0.2) is 4.79 Å². The molecule has 0 aromatic heterocycles. The molecular formula is C13H14O5. The van der Waals surface area contributed by atoms with E-state index in [1.165, 1.54) is 0 Å². The van der Waals surface area contributed by atoms with E-state index in [1.54, 1.807) is 24.3 Å². The number of esters is 1. The summed E-state index contributed by atoms with van der Waals surface area (Å²) in [6, 6.07) is 9.01. The van der Waals surface area contributed by atoms with E-state index >= 15 is 0 Å². The Kier molecular flexibility index (Phi) is 3.74. The van der Waals surface area contributed by atoms with Gasteiger partial charge in [-0.1, -0.05) is 30.3 Å². The largest absolute Gasteiger partial charge is 0.456 e. The molecule has 96 valence electrons. The van der Waals surface area contributed by atoms with Crippen molar-refractivity contribution in [2.75, 3.05) is 6.61 Å². The maximum Gasteiger partial charge on any atom is 0.375 e. The van der Waals surface area contributed by atoms with Crippen LogP contribution in [-0.4, -0.2) is 29.3 Å². The monoisotopic (exact) mass is 250 g/mol. The molecule has 0 aliphatic carbocycles. The van der Waals surface area contributed by atoms with E-state index in [1.807, 2.05) is 6.07 Å². The van der Waals surface area contributed by atoms with Gasteiger partial charge in [-0.15, -0.1) is 0 Å². The number of ether oxygens (including phenoxy) is 2. The van der Waals surface area contributed by atoms with E-state index in [-0.39, 0.29) is 19.6 Å². The van der Waals surface area contributed by atoms with Crippen molar-refractivity contribution in [2.24, 2.45) is 0 Å².